The van der Waals surface area contributed by atoms with Gasteiger partial charge in [-0.2, -0.15) is 0 Å². The van der Waals surface area contributed by atoms with E-state index in [0.717, 1.165) is 31.4 Å². The highest BCUT2D eigenvalue weighted by Crippen LogP contribution is 2.26. The number of carbonyl (C=O) groups is 1. The van der Waals surface area contributed by atoms with Crippen molar-refractivity contribution in [1.29, 1.82) is 0 Å². The van der Waals surface area contributed by atoms with Gasteiger partial charge in [0.25, 0.3) is 5.91 Å². The SMILES string of the molecule is Cc1nc(-c2ncccn2)sc1C(=O)NC1CCC(N)CC1.Cl. The summed E-state index contributed by atoms with van der Waals surface area (Å²) < 4.78 is 0. The van der Waals surface area contributed by atoms with Crippen LogP contribution in [-0.4, -0.2) is 32.9 Å². The van der Waals surface area contributed by atoms with Gasteiger partial charge in [-0.15, -0.1) is 23.7 Å². The zero-order chi connectivity index (χ0) is 15.5. The van der Waals surface area contributed by atoms with E-state index in [1.807, 2.05) is 6.92 Å². The molecule has 0 radical (unpaired) electrons. The zero-order valence-corrected chi connectivity index (χ0v) is 14.5. The maximum Gasteiger partial charge on any atom is 0.263 e. The molecule has 124 valence electrons. The Morgan fingerprint density at radius 3 is 2.57 bits per heavy atom. The number of halogens is 1. The Labute approximate surface area is 145 Å². The highest BCUT2D eigenvalue weighted by atomic mass is 35.5. The fourth-order valence-corrected chi connectivity index (χ4v) is 3.54. The number of aryl methyl sites for hydroxylation is 1. The molecular weight excluding hydrogens is 334 g/mol. The molecule has 6 nitrogen and oxygen atoms in total. The summed E-state index contributed by atoms with van der Waals surface area (Å²) in [5, 5.41) is 3.77. The van der Waals surface area contributed by atoms with Crippen molar-refractivity contribution in [3.8, 4) is 10.8 Å². The van der Waals surface area contributed by atoms with Gasteiger partial charge in [0.15, 0.2) is 10.8 Å². The van der Waals surface area contributed by atoms with E-state index in [4.69, 9.17) is 5.73 Å². The second-order valence-electron chi connectivity index (χ2n) is 5.59. The largest absolute Gasteiger partial charge is 0.349 e. The predicted octanol–water partition coefficient (Wildman–Crippen LogP) is 2.33. The first kappa shape index (κ1) is 17.8. The van der Waals surface area contributed by atoms with Gasteiger partial charge in [0.05, 0.1) is 5.69 Å². The smallest absolute Gasteiger partial charge is 0.263 e. The standard InChI is InChI=1S/C15H19N5OS.ClH/c1-9-12(14(21)20-11-5-3-10(16)4-6-11)22-15(19-9)13-17-7-2-8-18-13;/h2,7-8,10-11H,3-6,16H2,1H3,(H,20,21);1H. The molecule has 0 atom stereocenters. The van der Waals surface area contributed by atoms with Gasteiger partial charge in [0, 0.05) is 24.5 Å². The highest BCUT2D eigenvalue weighted by Gasteiger charge is 2.23. The lowest BCUT2D eigenvalue weighted by atomic mass is 9.92. The molecule has 2 aromatic rings. The van der Waals surface area contributed by atoms with Crippen LogP contribution in [0.3, 0.4) is 0 Å². The summed E-state index contributed by atoms with van der Waals surface area (Å²) in [6.45, 7) is 1.84. The Hall–Kier alpha value is -1.57. The number of carbonyl (C=O) groups excluding carboxylic acids is 1. The summed E-state index contributed by atoms with van der Waals surface area (Å²) in [6.07, 6.45) is 7.17. The number of nitrogens with zero attached hydrogens (tertiary/aromatic N) is 3. The summed E-state index contributed by atoms with van der Waals surface area (Å²) in [5.41, 5.74) is 6.62. The highest BCUT2D eigenvalue weighted by molar-refractivity contribution is 7.17. The van der Waals surface area contributed by atoms with E-state index in [0.29, 0.717) is 15.7 Å². The summed E-state index contributed by atoms with van der Waals surface area (Å²) in [4.78, 5) is 25.9. The van der Waals surface area contributed by atoms with Crippen molar-refractivity contribution in [2.24, 2.45) is 5.73 Å². The quantitative estimate of drug-likeness (QED) is 0.883. The van der Waals surface area contributed by atoms with Gasteiger partial charge in [-0.3, -0.25) is 4.79 Å². The Bertz CT molecular complexity index is 655. The fourth-order valence-electron chi connectivity index (χ4n) is 2.63. The summed E-state index contributed by atoms with van der Waals surface area (Å²) in [7, 11) is 0. The van der Waals surface area contributed by atoms with Crippen LogP contribution >= 0.6 is 23.7 Å². The van der Waals surface area contributed by atoms with Crippen molar-refractivity contribution < 1.29 is 4.79 Å². The van der Waals surface area contributed by atoms with Crippen LogP contribution in [0, 0.1) is 6.92 Å². The molecule has 1 saturated carbocycles. The normalized spacial score (nSPS) is 20.6. The Kier molecular flexibility index (Phi) is 6.04. The molecule has 0 aliphatic heterocycles. The van der Waals surface area contributed by atoms with E-state index < -0.39 is 0 Å². The van der Waals surface area contributed by atoms with Crippen molar-refractivity contribution in [1.82, 2.24) is 20.3 Å². The molecule has 0 spiro atoms. The van der Waals surface area contributed by atoms with Crippen molar-refractivity contribution in [2.45, 2.75) is 44.7 Å². The van der Waals surface area contributed by atoms with Gasteiger partial charge in [-0.1, -0.05) is 0 Å². The van der Waals surface area contributed by atoms with Crippen molar-refractivity contribution >= 4 is 29.7 Å². The van der Waals surface area contributed by atoms with Crippen LogP contribution in [0.25, 0.3) is 10.8 Å². The van der Waals surface area contributed by atoms with Gasteiger partial charge < -0.3 is 11.1 Å². The number of nitrogens with one attached hydrogen (secondary N) is 1. The minimum Gasteiger partial charge on any atom is -0.349 e. The zero-order valence-electron chi connectivity index (χ0n) is 12.9. The van der Waals surface area contributed by atoms with Crippen molar-refractivity contribution in [3.05, 3.63) is 29.0 Å². The fraction of sp³-hybridized carbons (Fsp3) is 0.467. The molecule has 1 amide bonds. The number of thiazole rings is 1. The molecule has 2 aromatic heterocycles. The van der Waals surface area contributed by atoms with E-state index in [1.165, 1.54) is 11.3 Å². The number of hydrogen-bond donors (Lipinski definition) is 2. The molecule has 0 unspecified atom stereocenters. The van der Waals surface area contributed by atoms with Crippen LogP contribution in [0.1, 0.15) is 41.0 Å². The Balaban J connectivity index is 0.00000192. The summed E-state index contributed by atoms with van der Waals surface area (Å²) >= 11 is 1.34. The van der Waals surface area contributed by atoms with Gasteiger partial charge in [0.1, 0.15) is 4.88 Å². The first-order valence-electron chi connectivity index (χ1n) is 7.44. The van der Waals surface area contributed by atoms with Crippen LogP contribution in [0.5, 0.6) is 0 Å². The first-order chi connectivity index (χ1) is 10.6. The lowest BCUT2D eigenvalue weighted by molar-refractivity contribution is 0.0929. The molecule has 23 heavy (non-hydrogen) atoms. The Morgan fingerprint density at radius 2 is 1.91 bits per heavy atom. The third-order valence-electron chi connectivity index (χ3n) is 3.87. The molecule has 0 aromatic carbocycles. The maximum atomic E-state index is 12.4. The van der Waals surface area contributed by atoms with Crippen LogP contribution < -0.4 is 11.1 Å². The molecule has 2 heterocycles. The van der Waals surface area contributed by atoms with Crippen molar-refractivity contribution in [2.75, 3.05) is 0 Å². The van der Waals surface area contributed by atoms with E-state index in [1.54, 1.807) is 18.5 Å². The number of rotatable bonds is 3. The summed E-state index contributed by atoms with van der Waals surface area (Å²) in [5.74, 6) is 0.496. The molecule has 1 fully saturated rings. The number of amides is 1. The topological polar surface area (TPSA) is 93.8 Å². The molecule has 3 rings (SSSR count). The lowest BCUT2D eigenvalue weighted by Crippen LogP contribution is -2.40. The average Bonchev–Trinajstić information content (AvgIpc) is 2.92. The molecule has 1 aliphatic carbocycles. The van der Waals surface area contributed by atoms with E-state index in [2.05, 4.69) is 20.3 Å². The average molecular weight is 354 g/mol. The third-order valence-corrected chi connectivity index (χ3v) is 5.02. The molecule has 0 bridgehead atoms. The van der Waals surface area contributed by atoms with Gasteiger partial charge in [0.2, 0.25) is 0 Å². The number of nitrogens with two attached hydrogens (primary N) is 1. The van der Waals surface area contributed by atoms with Gasteiger partial charge in [-0.25, -0.2) is 15.0 Å². The van der Waals surface area contributed by atoms with E-state index >= 15 is 0 Å². The molecular formula is C15H20ClN5OS. The Morgan fingerprint density at radius 1 is 1.26 bits per heavy atom. The predicted molar refractivity (Wildman–Crippen MR) is 92.8 cm³/mol. The molecule has 3 N–H and O–H groups in total. The third kappa shape index (κ3) is 4.25. The van der Waals surface area contributed by atoms with Crippen molar-refractivity contribution in [3.63, 3.8) is 0 Å². The summed E-state index contributed by atoms with van der Waals surface area (Å²) in [6, 6.07) is 2.25. The molecule has 1 aliphatic rings. The lowest BCUT2D eigenvalue weighted by Gasteiger charge is -2.26. The monoisotopic (exact) mass is 353 g/mol. The number of hydrogen-bond acceptors (Lipinski definition) is 6. The molecule has 0 saturated heterocycles. The van der Waals surface area contributed by atoms with Gasteiger partial charge in [-0.05, 0) is 38.7 Å². The van der Waals surface area contributed by atoms with Gasteiger partial charge >= 0.3 is 0 Å². The van der Waals surface area contributed by atoms with E-state index in [9.17, 15) is 4.79 Å². The minimum atomic E-state index is -0.0577. The second kappa shape index (κ2) is 7.81. The van der Waals surface area contributed by atoms with Crippen LogP contribution in [0.15, 0.2) is 18.5 Å². The maximum absolute atomic E-state index is 12.4. The second-order valence-corrected chi connectivity index (χ2v) is 6.59. The molecule has 8 heteroatoms. The van der Waals surface area contributed by atoms with E-state index in [-0.39, 0.29) is 30.4 Å². The van der Waals surface area contributed by atoms with Crippen LogP contribution in [0.4, 0.5) is 0 Å². The van der Waals surface area contributed by atoms with Crippen LogP contribution in [0.2, 0.25) is 0 Å². The minimum absolute atomic E-state index is 0. The first-order valence-corrected chi connectivity index (χ1v) is 8.26. The number of aromatic nitrogens is 3. The van der Waals surface area contributed by atoms with Crippen LogP contribution in [-0.2, 0) is 0 Å².